The predicted octanol–water partition coefficient (Wildman–Crippen LogP) is 3.79. The fourth-order valence-electron chi connectivity index (χ4n) is 2.64. The molecule has 1 aromatic rings. The van der Waals surface area contributed by atoms with Gasteiger partial charge in [0.1, 0.15) is 0 Å². The van der Waals surface area contributed by atoms with E-state index in [1.165, 1.54) is 6.42 Å². The normalized spacial score (nSPS) is 29.3. The van der Waals surface area contributed by atoms with E-state index in [0.717, 1.165) is 24.4 Å². The van der Waals surface area contributed by atoms with Gasteiger partial charge in [-0.3, -0.25) is 0 Å². The third kappa shape index (κ3) is 3.34. The zero-order valence-electron chi connectivity index (χ0n) is 10.3. The van der Waals surface area contributed by atoms with E-state index in [1.54, 1.807) is 0 Å². The highest BCUT2D eigenvalue weighted by Crippen LogP contribution is 2.32. The van der Waals surface area contributed by atoms with Gasteiger partial charge in [0.15, 0.2) is 0 Å². The van der Waals surface area contributed by atoms with Crippen molar-refractivity contribution in [1.82, 2.24) is 9.36 Å². The minimum atomic E-state index is -4.45. The Morgan fingerprint density at radius 1 is 1.17 bits per heavy atom. The highest BCUT2D eigenvalue weighted by atomic mass is 32.1. The minimum Gasteiger partial charge on any atom is -0.358 e. The van der Waals surface area contributed by atoms with E-state index in [1.807, 2.05) is 0 Å². The van der Waals surface area contributed by atoms with Crippen LogP contribution in [0.5, 0.6) is 0 Å². The Morgan fingerprint density at radius 3 is 2.28 bits per heavy atom. The highest BCUT2D eigenvalue weighted by Gasteiger charge is 2.36. The molecule has 2 unspecified atom stereocenters. The van der Waals surface area contributed by atoms with Crippen LogP contribution in [-0.2, 0) is 6.18 Å². The molecule has 102 valence electrons. The zero-order valence-corrected chi connectivity index (χ0v) is 11.1. The second-order valence-electron chi connectivity index (χ2n) is 5.18. The first-order chi connectivity index (χ1) is 8.34. The van der Waals surface area contributed by atoms with Crippen LogP contribution in [0.25, 0.3) is 0 Å². The van der Waals surface area contributed by atoms with Crippen molar-refractivity contribution >= 4 is 16.7 Å². The SMILES string of the molecule is CC1CC(C)CC(Nc2nc(C(F)(F)F)ns2)C1. The molecule has 2 atom stereocenters. The number of nitrogens with zero attached hydrogens (tertiary/aromatic N) is 2. The van der Waals surface area contributed by atoms with Crippen molar-refractivity contribution in [3.8, 4) is 0 Å². The number of anilines is 1. The number of nitrogens with one attached hydrogen (secondary N) is 1. The molecule has 1 aliphatic carbocycles. The summed E-state index contributed by atoms with van der Waals surface area (Å²) >= 11 is 0.780. The van der Waals surface area contributed by atoms with Crippen LogP contribution in [0.2, 0.25) is 0 Å². The van der Waals surface area contributed by atoms with Gasteiger partial charge >= 0.3 is 6.18 Å². The van der Waals surface area contributed by atoms with Crippen molar-refractivity contribution in [3.63, 3.8) is 0 Å². The summed E-state index contributed by atoms with van der Waals surface area (Å²) in [6.45, 7) is 4.34. The van der Waals surface area contributed by atoms with E-state index < -0.39 is 12.0 Å². The maximum atomic E-state index is 12.4. The molecule has 0 aliphatic heterocycles. The summed E-state index contributed by atoms with van der Waals surface area (Å²) in [4.78, 5) is 3.50. The molecule has 0 bridgehead atoms. The van der Waals surface area contributed by atoms with Gasteiger partial charge in [-0.25, -0.2) is 0 Å². The Hall–Kier alpha value is -0.850. The maximum Gasteiger partial charge on any atom is 0.452 e. The van der Waals surface area contributed by atoms with Crippen LogP contribution in [-0.4, -0.2) is 15.4 Å². The van der Waals surface area contributed by atoms with Crippen molar-refractivity contribution in [1.29, 1.82) is 0 Å². The van der Waals surface area contributed by atoms with Crippen LogP contribution in [0, 0.1) is 11.8 Å². The fourth-order valence-corrected chi connectivity index (χ4v) is 3.30. The molecule has 0 spiro atoms. The van der Waals surface area contributed by atoms with Crippen LogP contribution in [0.15, 0.2) is 0 Å². The molecular formula is C11H16F3N3S. The summed E-state index contributed by atoms with van der Waals surface area (Å²) in [5.41, 5.74) is 0. The molecule has 1 N–H and O–H groups in total. The molecule has 1 aliphatic rings. The lowest BCUT2D eigenvalue weighted by atomic mass is 9.80. The molecular weight excluding hydrogens is 263 g/mol. The van der Waals surface area contributed by atoms with Crippen molar-refractivity contribution in [2.24, 2.45) is 11.8 Å². The van der Waals surface area contributed by atoms with Gasteiger partial charge in [-0.1, -0.05) is 13.8 Å². The van der Waals surface area contributed by atoms with E-state index in [-0.39, 0.29) is 11.2 Å². The van der Waals surface area contributed by atoms with Gasteiger partial charge in [-0.2, -0.15) is 22.5 Å². The second-order valence-corrected chi connectivity index (χ2v) is 5.93. The summed E-state index contributed by atoms with van der Waals surface area (Å²) in [5.74, 6) is 0.148. The average molecular weight is 279 g/mol. The molecule has 1 heterocycles. The number of rotatable bonds is 2. The quantitative estimate of drug-likeness (QED) is 0.895. The molecule has 1 saturated carbocycles. The highest BCUT2D eigenvalue weighted by molar-refractivity contribution is 7.09. The van der Waals surface area contributed by atoms with Gasteiger partial charge < -0.3 is 5.32 Å². The number of aromatic nitrogens is 2. The number of hydrogen-bond acceptors (Lipinski definition) is 4. The van der Waals surface area contributed by atoms with Crippen molar-refractivity contribution in [2.75, 3.05) is 5.32 Å². The van der Waals surface area contributed by atoms with Crippen molar-refractivity contribution in [3.05, 3.63) is 5.82 Å². The van der Waals surface area contributed by atoms with Crippen LogP contribution >= 0.6 is 11.5 Å². The summed E-state index contributed by atoms with van der Waals surface area (Å²) in [6.07, 6.45) is -1.32. The molecule has 1 fully saturated rings. The van der Waals surface area contributed by atoms with Crippen LogP contribution < -0.4 is 5.32 Å². The largest absolute Gasteiger partial charge is 0.452 e. The Balaban J connectivity index is 1.99. The molecule has 0 aromatic carbocycles. The lowest BCUT2D eigenvalue weighted by molar-refractivity contribution is -0.144. The van der Waals surface area contributed by atoms with Gasteiger partial charge in [-0.05, 0) is 31.1 Å². The monoisotopic (exact) mass is 279 g/mol. The van der Waals surface area contributed by atoms with Gasteiger partial charge in [0.05, 0.1) is 0 Å². The third-order valence-electron chi connectivity index (χ3n) is 3.19. The van der Waals surface area contributed by atoms with E-state index in [0.29, 0.717) is 11.8 Å². The van der Waals surface area contributed by atoms with Crippen LogP contribution in [0.3, 0.4) is 0 Å². The first kappa shape index (κ1) is 13.6. The van der Waals surface area contributed by atoms with E-state index >= 15 is 0 Å². The van der Waals surface area contributed by atoms with Gasteiger partial charge in [0.2, 0.25) is 11.0 Å². The molecule has 2 rings (SSSR count). The minimum absolute atomic E-state index is 0.206. The van der Waals surface area contributed by atoms with Crippen molar-refractivity contribution in [2.45, 2.75) is 45.3 Å². The smallest absolute Gasteiger partial charge is 0.358 e. The third-order valence-corrected chi connectivity index (χ3v) is 3.83. The number of alkyl halides is 3. The van der Waals surface area contributed by atoms with E-state index in [4.69, 9.17) is 0 Å². The van der Waals surface area contributed by atoms with Gasteiger partial charge in [-0.15, -0.1) is 0 Å². The van der Waals surface area contributed by atoms with Crippen molar-refractivity contribution < 1.29 is 13.2 Å². The molecule has 3 nitrogen and oxygen atoms in total. The molecule has 18 heavy (non-hydrogen) atoms. The summed E-state index contributed by atoms with van der Waals surface area (Å²) in [7, 11) is 0. The molecule has 7 heteroatoms. The Labute approximate surface area is 108 Å². The fraction of sp³-hybridized carbons (Fsp3) is 0.818. The molecule has 1 aromatic heterocycles. The lowest BCUT2D eigenvalue weighted by Gasteiger charge is -2.31. The lowest BCUT2D eigenvalue weighted by Crippen LogP contribution is -2.30. The summed E-state index contributed by atoms with van der Waals surface area (Å²) < 4.78 is 40.4. The van der Waals surface area contributed by atoms with Gasteiger partial charge in [0, 0.05) is 17.6 Å². The topological polar surface area (TPSA) is 37.8 Å². The van der Waals surface area contributed by atoms with E-state index in [2.05, 4.69) is 28.5 Å². The Bertz CT molecular complexity index is 394. The summed E-state index contributed by atoms with van der Waals surface area (Å²) in [5, 5.41) is 3.35. The van der Waals surface area contributed by atoms with E-state index in [9.17, 15) is 13.2 Å². The second kappa shape index (κ2) is 5.03. The number of halogens is 3. The Morgan fingerprint density at radius 2 is 1.78 bits per heavy atom. The first-order valence-electron chi connectivity index (χ1n) is 6.02. The first-order valence-corrected chi connectivity index (χ1v) is 6.79. The zero-order chi connectivity index (χ0) is 13.3. The standard InChI is InChI=1S/C11H16F3N3S/c1-6-3-7(2)5-8(4-6)15-10-16-9(17-18-10)11(12,13)14/h6-8H,3-5H2,1-2H3,(H,15,16,17). The van der Waals surface area contributed by atoms with Crippen LogP contribution in [0.4, 0.5) is 18.3 Å². The summed E-state index contributed by atoms with van der Waals surface area (Å²) in [6, 6.07) is 0.206. The van der Waals surface area contributed by atoms with Crippen LogP contribution in [0.1, 0.15) is 38.9 Å². The van der Waals surface area contributed by atoms with Gasteiger partial charge in [0.25, 0.3) is 0 Å². The molecule has 0 saturated heterocycles. The molecule has 0 amide bonds. The number of hydrogen-bond donors (Lipinski definition) is 1. The average Bonchev–Trinajstić information content (AvgIpc) is 2.63. The molecule has 0 radical (unpaired) electrons. The predicted molar refractivity (Wildman–Crippen MR) is 64.5 cm³/mol. The maximum absolute atomic E-state index is 12.4. The Kier molecular flexibility index (Phi) is 3.79.